The van der Waals surface area contributed by atoms with Crippen LogP contribution in [0.3, 0.4) is 0 Å². The van der Waals surface area contributed by atoms with Gasteiger partial charge in [-0.15, -0.1) is 0 Å². The molecule has 2 atom stereocenters. The van der Waals surface area contributed by atoms with E-state index in [1.807, 2.05) is 6.08 Å². The number of esters is 1. The summed E-state index contributed by atoms with van der Waals surface area (Å²) in [5, 5.41) is 23.2. The maximum Gasteiger partial charge on any atom is 0.305 e. The first-order valence-electron chi connectivity index (χ1n) is 28.9. The van der Waals surface area contributed by atoms with Crippen molar-refractivity contribution >= 4 is 11.9 Å². The average Bonchev–Trinajstić information content (AvgIpc) is 3.32. The molecule has 0 fully saturated rings. The quantitative estimate of drug-likeness (QED) is 0.0321. The summed E-state index contributed by atoms with van der Waals surface area (Å²) in [5.41, 5.74) is 0. The van der Waals surface area contributed by atoms with Crippen LogP contribution in [0, 0.1) is 0 Å². The molecule has 0 rings (SSSR count). The Labute approximate surface area is 410 Å². The Morgan fingerprint density at radius 3 is 1.23 bits per heavy atom. The maximum atomic E-state index is 12.5. The molecule has 0 saturated heterocycles. The van der Waals surface area contributed by atoms with Gasteiger partial charge in [0.1, 0.15) is 0 Å². The Morgan fingerprint density at radius 1 is 0.424 bits per heavy atom. The fourth-order valence-corrected chi connectivity index (χ4v) is 8.61. The standard InChI is InChI=1S/C60H111NO5/c1-3-5-7-9-11-13-15-17-18-19-20-21-22-23-24-25-26-27-29-32-36-40-44-48-52-58(63)57(56-62)61-59(64)53-49-45-41-37-33-30-31-35-39-43-47-51-55-66-60(65)54-50-46-42-38-34-28-16-14-12-10-8-6-4-2/h8,10,14,16,31,35,48,52,57-58,62-63H,3-7,9,11-13,15,17-30,32-34,36-47,49-51,53-56H2,1-2H3,(H,61,64)/b10-8-,16-14-,35-31-,52-48+. The summed E-state index contributed by atoms with van der Waals surface area (Å²) >= 11 is 0. The zero-order valence-corrected chi connectivity index (χ0v) is 43.9. The van der Waals surface area contributed by atoms with Gasteiger partial charge in [0.15, 0.2) is 0 Å². The number of carbonyl (C=O) groups is 2. The van der Waals surface area contributed by atoms with E-state index in [1.54, 1.807) is 6.08 Å². The van der Waals surface area contributed by atoms with Crippen molar-refractivity contribution in [2.75, 3.05) is 13.2 Å². The largest absolute Gasteiger partial charge is 0.466 e. The predicted molar refractivity (Wildman–Crippen MR) is 287 cm³/mol. The molecule has 0 aromatic heterocycles. The first-order chi connectivity index (χ1) is 32.5. The zero-order valence-electron chi connectivity index (χ0n) is 43.9. The van der Waals surface area contributed by atoms with Crippen LogP contribution in [0.1, 0.15) is 296 Å². The van der Waals surface area contributed by atoms with Gasteiger partial charge in [0.2, 0.25) is 5.91 Å². The Morgan fingerprint density at radius 2 is 0.788 bits per heavy atom. The van der Waals surface area contributed by atoms with Crippen molar-refractivity contribution in [2.24, 2.45) is 0 Å². The summed E-state index contributed by atoms with van der Waals surface area (Å²) in [7, 11) is 0. The van der Waals surface area contributed by atoms with E-state index in [2.05, 4.69) is 55.6 Å². The second-order valence-corrected chi connectivity index (χ2v) is 19.6. The highest BCUT2D eigenvalue weighted by atomic mass is 16.5. The van der Waals surface area contributed by atoms with Gasteiger partial charge in [0.25, 0.3) is 0 Å². The Balaban J connectivity index is 3.54. The molecule has 1 amide bonds. The summed E-state index contributed by atoms with van der Waals surface area (Å²) < 4.78 is 5.43. The molecule has 0 saturated carbocycles. The summed E-state index contributed by atoms with van der Waals surface area (Å²) in [6.07, 6.45) is 69.9. The molecule has 0 spiro atoms. The number of aliphatic hydroxyl groups excluding tert-OH is 2. The fourth-order valence-electron chi connectivity index (χ4n) is 8.61. The predicted octanol–water partition coefficient (Wildman–Crippen LogP) is 17.8. The Bertz CT molecular complexity index is 1110. The van der Waals surface area contributed by atoms with Crippen molar-refractivity contribution in [2.45, 2.75) is 309 Å². The average molecular weight is 927 g/mol. The Kier molecular flexibility index (Phi) is 53.6. The number of hydrogen-bond donors (Lipinski definition) is 3. The third kappa shape index (κ3) is 51.2. The Hall–Kier alpha value is -2.18. The highest BCUT2D eigenvalue weighted by molar-refractivity contribution is 5.76. The molecule has 0 aromatic carbocycles. The lowest BCUT2D eigenvalue weighted by Gasteiger charge is -2.20. The first-order valence-corrected chi connectivity index (χ1v) is 28.9. The van der Waals surface area contributed by atoms with E-state index in [4.69, 9.17) is 4.74 Å². The number of rotatable bonds is 53. The molecular weight excluding hydrogens is 815 g/mol. The molecule has 0 bridgehead atoms. The van der Waals surface area contributed by atoms with Gasteiger partial charge in [0.05, 0.1) is 25.4 Å². The van der Waals surface area contributed by atoms with Gasteiger partial charge in [-0.3, -0.25) is 9.59 Å². The summed E-state index contributed by atoms with van der Waals surface area (Å²) in [6.45, 7) is 4.78. The van der Waals surface area contributed by atoms with Gasteiger partial charge < -0.3 is 20.3 Å². The SMILES string of the molecule is CCC/C=C\C/C=C\CCCCCCCC(=O)OCCCCC/C=C\CCCCCCCC(=O)NC(CO)C(O)/C=C/CCCCCCCCCCCCCCCCCCCCCCCC. The van der Waals surface area contributed by atoms with Crippen LogP contribution in [0.5, 0.6) is 0 Å². The van der Waals surface area contributed by atoms with Crippen LogP contribution in [0.2, 0.25) is 0 Å². The number of hydrogen-bond acceptors (Lipinski definition) is 5. The number of allylic oxidation sites excluding steroid dienone is 7. The second kappa shape index (κ2) is 55.4. The van der Waals surface area contributed by atoms with E-state index in [0.29, 0.717) is 19.4 Å². The van der Waals surface area contributed by atoms with E-state index >= 15 is 0 Å². The van der Waals surface area contributed by atoms with Crippen molar-refractivity contribution in [1.29, 1.82) is 0 Å². The molecule has 2 unspecified atom stereocenters. The molecule has 3 N–H and O–H groups in total. The topological polar surface area (TPSA) is 95.9 Å². The van der Waals surface area contributed by atoms with Crippen LogP contribution < -0.4 is 5.32 Å². The molecule has 0 heterocycles. The molecule has 66 heavy (non-hydrogen) atoms. The lowest BCUT2D eigenvalue weighted by molar-refractivity contribution is -0.143. The van der Waals surface area contributed by atoms with Gasteiger partial charge in [-0.05, 0) is 89.9 Å². The minimum absolute atomic E-state index is 0.0398. The van der Waals surface area contributed by atoms with Gasteiger partial charge in [-0.1, -0.05) is 242 Å². The number of unbranched alkanes of at least 4 members (excludes halogenated alkanes) is 36. The number of aliphatic hydroxyl groups is 2. The monoisotopic (exact) mass is 926 g/mol. The number of nitrogens with one attached hydrogen (secondary N) is 1. The number of carbonyl (C=O) groups excluding carboxylic acids is 2. The van der Waals surface area contributed by atoms with Gasteiger partial charge >= 0.3 is 5.97 Å². The van der Waals surface area contributed by atoms with Crippen molar-refractivity contribution in [3.8, 4) is 0 Å². The van der Waals surface area contributed by atoms with E-state index in [-0.39, 0.29) is 18.5 Å². The van der Waals surface area contributed by atoms with E-state index in [1.165, 1.54) is 167 Å². The smallest absolute Gasteiger partial charge is 0.305 e. The third-order valence-corrected chi connectivity index (χ3v) is 13.0. The second-order valence-electron chi connectivity index (χ2n) is 19.6. The molecule has 0 aliphatic rings. The van der Waals surface area contributed by atoms with Gasteiger partial charge in [-0.2, -0.15) is 0 Å². The summed E-state index contributed by atoms with van der Waals surface area (Å²) in [6, 6.07) is -0.649. The van der Waals surface area contributed by atoms with Crippen molar-refractivity contribution in [3.63, 3.8) is 0 Å². The lowest BCUT2D eigenvalue weighted by atomic mass is 10.0. The molecule has 0 aliphatic carbocycles. The normalized spacial score (nSPS) is 13.0. The number of ether oxygens (including phenoxy) is 1. The van der Waals surface area contributed by atoms with E-state index in [9.17, 15) is 19.8 Å². The van der Waals surface area contributed by atoms with Crippen LogP contribution >= 0.6 is 0 Å². The van der Waals surface area contributed by atoms with Gasteiger partial charge in [-0.25, -0.2) is 0 Å². The highest BCUT2D eigenvalue weighted by Crippen LogP contribution is 2.16. The molecule has 0 aromatic rings. The molecule has 386 valence electrons. The van der Waals surface area contributed by atoms with Crippen LogP contribution in [0.25, 0.3) is 0 Å². The first kappa shape index (κ1) is 63.8. The van der Waals surface area contributed by atoms with Gasteiger partial charge in [0, 0.05) is 12.8 Å². The van der Waals surface area contributed by atoms with E-state index in [0.717, 1.165) is 103 Å². The minimum atomic E-state index is -0.863. The van der Waals surface area contributed by atoms with Crippen molar-refractivity contribution < 1.29 is 24.5 Å². The van der Waals surface area contributed by atoms with E-state index < -0.39 is 12.1 Å². The molecule has 6 nitrogen and oxygen atoms in total. The fraction of sp³-hybridized carbons (Fsp3) is 0.833. The van der Waals surface area contributed by atoms with Crippen LogP contribution in [0.15, 0.2) is 48.6 Å². The van der Waals surface area contributed by atoms with Crippen LogP contribution in [-0.4, -0.2) is 47.4 Å². The molecular formula is C60H111NO5. The minimum Gasteiger partial charge on any atom is -0.466 e. The summed E-state index contributed by atoms with van der Waals surface area (Å²) in [5.74, 6) is -0.133. The maximum absolute atomic E-state index is 12.5. The van der Waals surface area contributed by atoms with Crippen LogP contribution in [0.4, 0.5) is 0 Å². The van der Waals surface area contributed by atoms with Crippen molar-refractivity contribution in [3.05, 3.63) is 48.6 Å². The third-order valence-electron chi connectivity index (χ3n) is 13.0. The number of amides is 1. The molecule has 0 aliphatic heterocycles. The summed E-state index contributed by atoms with van der Waals surface area (Å²) in [4.78, 5) is 24.5. The highest BCUT2D eigenvalue weighted by Gasteiger charge is 2.18. The molecule has 0 radical (unpaired) electrons. The van der Waals surface area contributed by atoms with Crippen molar-refractivity contribution in [1.82, 2.24) is 5.32 Å². The molecule has 6 heteroatoms. The van der Waals surface area contributed by atoms with Crippen LogP contribution in [-0.2, 0) is 14.3 Å². The zero-order chi connectivity index (χ0) is 47.9. The lowest BCUT2D eigenvalue weighted by Crippen LogP contribution is -2.45.